The number of anilines is 1. The molecule has 3 aromatic rings. The van der Waals surface area contributed by atoms with E-state index in [2.05, 4.69) is 14.7 Å². The van der Waals surface area contributed by atoms with Crippen molar-refractivity contribution >= 4 is 11.8 Å². The van der Waals surface area contributed by atoms with Crippen LogP contribution < -0.4 is 9.64 Å². The van der Waals surface area contributed by atoms with Crippen LogP contribution in [0.1, 0.15) is 48.2 Å². The number of carboxylic acid groups (broad SMARTS) is 1. The zero-order valence-electron chi connectivity index (χ0n) is 19.3. The molecule has 1 atom stereocenters. The SMILES string of the molecule is CC(F)(F)Oc1ccc(C2CCCN2c2ncnc(CCc3ccc(CC(=O)O)cc3)c2F)cc1. The van der Waals surface area contributed by atoms with Crippen molar-refractivity contribution in [3.05, 3.63) is 83.1 Å². The molecule has 1 fully saturated rings. The Kier molecular flexibility index (Phi) is 7.23. The number of nitrogens with zero attached hydrogens (tertiary/aromatic N) is 3. The predicted molar refractivity (Wildman–Crippen MR) is 124 cm³/mol. The van der Waals surface area contributed by atoms with E-state index >= 15 is 4.39 Å². The number of benzene rings is 2. The first-order valence-corrected chi connectivity index (χ1v) is 11.4. The summed E-state index contributed by atoms with van der Waals surface area (Å²) in [4.78, 5) is 21.1. The Hall–Kier alpha value is -3.62. The lowest BCUT2D eigenvalue weighted by molar-refractivity contribution is -0.159. The van der Waals surface area contributed by atoms with Gasteiger partial charge in [0.15, 0.2) is 11.6 Å². The van der Waals surface area contributed by atoms with E-state index in [0.717, 1.165) is 24.0 Å². The van der Waals surface area contributed by atoms with Crippen LogP contribution in [0.25, 0.3) is 0 Å². The fourth-order valence-corrected chi connectivity index (χ4v) is 4.36. The highest BCUT2D eigenvalue weighted by Gasteiger charge is 2.30. The second kappa shape index (κ2) is 10.3. The van der Waals surface area contributed by atoms with Gasteiger partial charge in [-0.05, 0) is 54.5 Å². The molecular formula is C26H26F3N3O3. The highest BCUT2D eigenvalue weighted by atomic mass is 19.3. The second-order valence-electron chi connectivity index (χ2n) is 8.68. The van der Waals surface area contributed by atoms with Crippen LogP contribution in [0.3, 0.4) is 0 Å². The molecule has 0 spiro atoms. The number of halogens is 3. The Labute approximate surface area is 201 Å². The summed E-state index contributed by atoms with van der Waals surface area (Å²) in [7, 11) is 0. The summed E-state index contributed by atoms with van der Waals surface area (Å²) < 4.78 is 46.2. The predicted octanol–water partition coefficient (Wildman–Crippen LogP) is 5.36. The van der Waals surface area contributed by atoms with Crippen LogP contribution in [0.15, 0.2) is 54.9 Å². The van der Waals surface area contributed by atoms with Gasteiger partial charge in [-0.25, -0.2) is 14.4 Å². The molecular weight excluding hydrogens is 459 g/mol. The van der Waals surface area contributed by atoms with Gasteiger partial charge in [-0.15, -0.1) is 0 Å². The molecule has 9 heteroatoms. The molecule has 0 radical (unpaired) electrons. The number of alkyl halides is 2. The monoisotopic (exact) mass is 485 g/mol. The maximum atomic E-state index is 15.4. The maximum Gasteiger partial charge on any atom is 0.394 e. The van der Waals surface area contributed by atoms with E-state index in [9.17, 15) is 13.6 Å². The molecule has 2 heterocycles. The summed E-state index contributed by atoms with van der Waals surface area (Å²) >= 11 is 0. The lowest BCUT2D eigenvalue weighted by Crippen LogP contribution is -2.25. The minimum absolute atomic E-state index is 0.0397. The average Bonchev–Trinajstić information content (AvgIpc) is 3.28. The molecule has 1 aliphatic rings. The van der Waals surface area contributed by atoms with Gasteiger partial charge >= 0.3 is 12.1 Å². The number of aromatic nitrogens is 2. The van der Waals surface area contributed by atoms with Gasteiger partial charge in [0, 0.05) is 13.5 Å². The lowest BCUT2D eigenvalue weighted by atomic mass is 10.0. The minimum Gasteiger partial charge on any atom is -0.481 e. The number of aryl methyl sites for hydroxylation is 2. The van der Waals surface area contributed by atoms with E-state index in [1.807, 2.05) is 17.0 Å². The second-order valence-corrected chi connectivity index (χ2v) is 8.68. The Bertz CT molecular complexity index is 1170. The van der Waals surface area contributed by atoms with Crippen molar-refractivity contribution in [3.63, 3.8) is 0 Å². The Balaban J connectivity index is 1.46. The molecule has 184 valence electrons. The standard InChI is InChI=1S/C26H26F3N3O3/c1-26(28,29)35-20-11-9-19(10-12-20)22-3-2-14-32(22)25-24(27)21(30-16-31-25)13-8-17-4-6-18(7-5-17)15-23(33)34/h4-7,9-12,16,22H,2-3,8,13-15H2,1H3,(H,33,34). The topological polar surface area (TPSA) is 75.5 Å². The third kappa shape index (κ3) is 6.29. The molecule has 1 aliphatic heterocycles. The molecule has 0 amide bonds. The average molecular weight is 486 g/mol. The number of hydrogen-bond acceptors (Lipinski definition) is 5. The zero-order chi connectivity index (χ0) is 25.0. The maximum absolute atomic E-state index is 15.4. The number of carboxylic acids is 1. The van der Waals surface area contributed by atoms with Gasteiger partial charge in [0.25, 0.3) is 0 Å². The normalized spacial score (nSPS) is 15.9. The van der Waals surface area contributed by atoms with Crippen LogP contribution in [-0.4, -0.2) is 33.7 Å². The van der Waals surface area contributed by atoms with Crippen molar-refractivity contribution < 1.29 is 27.8 Å². The Morgan fingerprint density at radius 3 is 2.43 bits per heavy atom. The summed E-state index contributed by atoms with van der Waals surface area (Å²) in [6, 6.07) is 13.5. The van der Waals surface area contributed by atoms with Gasteiger partial charge in [0.05, 0.1) is 18.2 Å². The smallest absolute Gasteiger partial charge is 0.394 e. The summed E-state index contributed by atoms with van der Waals surface area (Å²) in [6.07, 6.45) is 0.607. The first-order valence-electron chi connectivity index (χ1n) is 11.4. The van der Waals surface area contributed by atoms with Gasteiger partial charge in [-0.3, -0.25) is 4.79 Å². The van der Waals surface area contributed by atoms with E-state index < -0.39 is 17.9 Å². The van der Waals surface area contributed by atoms with Crippen molar-refractivity contribution in [2.75, 3.05) is 11.4 Å². The van der Waals surface area contributed by atoms with Gasteiger partial charge in [-0.2, -0.15) is 8.78 Å². The number of hydrogen-bond donors (Lipinski definition) is 1. The molecule has 0 saturated carbocycles. The summed E-state index contributed by atoms with van der Waals surface area (Å²) in [5.74, 6) is -1.06. The van der Waals surface area contributed by atoms with Crippen LogP contribution >= 0.6 is 0 Å². The van der Waals surface area contributed by atoms with Crippen LogP contribution in [0.4, 0.5) is 19.0 Å². The van der Waals surface area contributed by atoms with Crippen LogP contribution in [-0.2, 0) is 24.1 Å². The lowest BCUT2D eigenvalue weighted by Gasteiger charge is -2.27. The molecule has 1 N–H and O–H groups in total. The third-order valence-electron chi connectivity index (χ3n) is 5.96. The largest absolute Gasteiger partial charge is 0.481 e. The number of aliphatic carboxylic acids is 1. The first kappa shape index (κ1) is 24.5. The van der Waals surface area contributed by atoms with Crippen LogP contribution in [0.2, 0.25) is 0 Å². The van der Waals surface area contributed by atoms with Crippen LogP contribution in [0.5, 0.6) is 5.75 Å². The van der Waals surface area contributed by atoms with E-state index in [0.29, 0.717) is 37.6 Å². The number of rotatable bonds is 9. The highest BCUT2D eigenvalue weighted by Crippen LogP contribution is 2.37. The Morgan fingerprint density at radius 2 is 1.77 bits per heavy atom. The summed E-state index contributed by atoms with van der Waals surface area (Å²) in [5.41, 5.74) is 2.84. The van der Waals surface area contributed by atoms with Crippen molar-refractivity contribution in [2.45, 2.75) is 51.2 Å². The molecule has 6 nitrogen and oxygen atoms in total. The van der Waals surface area contributed by atoms with Crippen molar-refractivity contribution in [1.29, 1.82) is 0 Å². The molecule has 4 rings (SSSR count). The fourth-order valence-electron chi connectivity index (χ4n) is 4.36. The number of carbonyl (C=O) groups is 1. The van der Waals surface area contributed by atoms with Gasteiger partial charge in [0.1, 0.15) is 12.1 Å². The summed E-state index contributed by atoms with van der Waals surface area (Å²) in [6.45, 7) is 1.30. The first-order chi connectivity index (χ1) is 16.7. The molecule has 1 aromatic heterocycles. The Morgan fingerprint density at radius 1 is 1.09 bits per heavy atom. The highest BCUT2D eigenvalue weighted by molar-refractivity contribution is 5.70. The van der Waals surface area contributed by atoms with Crippen molar-refractivity contribution in [2.24, 2.45) is 0 Å². The molecule has 2 aromatic carbocycles. The van der Waals surface area contributed by atoms with E-state index in [1.54, 1.807) is 24.3 Å². The van der Waals surface area contributed by atoms with E-state index in [-0.39, 0.29) is 24.0 Å². The van der Waals surface area contributed by atoms with Gasteiger partial charge in [-0.1, -0.05) is 36.4 Å². The third-order valence-corrected chi connectivity index (χ3v) is 5.96. The molecule has 0 aliphatic carbocycles. The molecule has 1 saturated heterocycles. The fraction of sp³-hybridized carbons (Fsp3) is 0.346. The van der Waals surface area contributed by atoms with Crippen molar-refractivity contribution in [3.8, 4) is 5.75 Å². The summed E-state index contributed by atoms with van der Waals surface area (Å²) in [5, 5.41) is 8.89. The minimum atomic E-state index is -3.26. The molecule has 0 bridgehead atoms. The molecule has 35 heavy (non-hydrogen) atoms. The number of ether oxygens (including phenoxy) is 1. The van der Waals surface area contributed by atoms with E-state index in [4.69, 9.17) is 5.11 Å². The van der Waals surface area contributed by atoms with E-state index in [1.165, 1.54) is 18.5 Å². The van der Waals surface area contributed by atoms with Gasteiger partial charge in [0.2, 0.25) is 0 Å². The molecule has 1 unspecified atom stereocenters. The quantitative estimate of drug-likeness (QED) is 0.440. The van der Waals surface area contributed by atoms with Gasteiger partial charge < -0.3 is 14.7 Å². The van der Waals surface area contributed by atoms with Crippen molar-refractivity contribution in [1.82, 2.24) is 9.97 Å². The zero-order valence-corrected chi connectivity index (χ0v) is 19.3. The van der Waals surface area contributed by atoms with Crippen LogP contribution in [0, 0.1) is 5.82 Å².